The minimum atomic E-state index is -0.574. The second kappa shape index (κ2) is 7.43. The van der Waals surface area contributed by atoms with Crippen molar-refractivity contribution in [1.82, 2.24) is 4.90 Å². The van der Waals surface area contributed by atoms with E-state index in [4.69, 9.17) is 9.47 Å². The number of nitrogens with one attached hydrogen (secondary N) is 1. The molecule has 3 fully saturated rings. The molecule has 140 valence electrons. The Morgan fingerprint density at radius 3 is 2.23 bits per heavy atom. The smallest absolute Gasteiger partial charge is 0.339 e. The zero-order valence-corrected chi connectivity index (χ0v) is 15.1. The quantitative estimate of drug-likeness (QED) is 0.601. The van der Waals surface area contributed by atoms with Crippen LogP contribution in [0.4, 0.5) is 5.69 Å². The van der Waals surface area contributed by atoms with Gasteiger partial charge in [-0.15, -0.1) is 0 Å². The lowest BCUT2D eigenvalue weighted by Crippen LogP contribution is -2.68. The number of esters is 2. The minimum absolute atomic E-state index is 0.174. The van der Waals surface area contributed by atoms with E-state index in [1.54, 1.807) is 0 Å². The summed E-state index contributed by atoms with van der Waals surface area (Å²) < 4.78 is 10.2. The molecule has 0 aromatic heterocycles. The molecule has 0 atom stereocenters. The van der Waals surface area contributed by atoms with Gasteiger partial charge in [-0.1, -0.05) is 0 Å². The van der Waals surface area contributed by atoms with Gasteiger partial charge in [-0.25, -0.2) is 9.59 Å². The number of piperazine rings is 3. The van der Waals surface area contributed by atoms with Crippen LogP contribution in [0.1, 0.15) is 20.7 Å². The Labute approximate surface area is 152 Å². The van der Waals surface area contributed by atoms with Gasteiger partial charge in [-0.3, -0.25) is 9.69 Å². The Balaban J connectivity index is 1.79. The summed E-state index contributed by atoms with van der Waals surface area (Å²) >= 11 is 0. The van der Waals surface area contributed by atoms with E-state index in [9.17, 15) is 14.4 Å². The fourth-order valence-corrected chi connectivity index (χ4v) is 3.64. The molecule has 0 aliphatic carbocycles. The van der Waals surface area contributed by atoms with Crippen molar-refractivity contribution >= 4 is 23.5 Å². The van der Waals surface area contributed by atoms with Crippen molar-refractivity contribution in [3.8, 4) is 0 Å². The van der Waals surface area contributed by atoms with Gasteiger partial charge in [0.1, 0.15) is 0 Å². The predicted octanol–water partition coefficient (Wildman–Crippen LogP) is 0.344. The zero-order chi connectivity index (χ0) is 18.7. The molecule has 3 aliphatic heterocycles. The lowest BCUT2D eigenvalue weighted by Gasteiger charge is -2.50. The number of anilines is 1. The van der Waals surface area contributed by atoms with Gasteiger partial charge >= 0.3 is 11.9 Å². The average molecular weight is 362 g/mol. The number of methoxy groups -OCH3 is 2. The fraction of sp³-hybridized carbons (Fsp3) is 0.500. The Morgan fingerprint density at radius 2 is 1.65 bits per heavy atom. The van der Waals surface area contributed by atoms with Crippen molar-refractivity contribution < 1.29 is 28.3 Å². The number of carbonyl (C=O) groups excluding carboxylic acids is 3. The normalized spacial score (nSPS) is 24.0. The fourth-order valence-electron chi connectivity index (χ4n) is 3.64. The first kappa shape index (κ1) is 18.3. The predicted molar refractivity (Wildman–Crippen MR) is 93.9 cm³/mol. The Hall–Kier alpha value is -2.45. The number of fused-ring (bicyclic) bond motifs is 3. The number of hydrogen-bond acceptors (Lipinski definition) is 6. The monoisotopic (exact) mass is 362 g/mol. The summed E-state index contributed by atoms with van der Waals surface area (Å²) in [7, 11) is 2.55. The lowest BCUT2D eigenvalue weighted by molar-refractivity contribution is -0.933. The third-order valence-electron chi connectivity index (χ3n) is 5.27. The van der Waals surface area contributed by atoms with E-state index in [-0.39, 0.29) is 22.7 Å². The highest BCUT2D eigenvalue weighted by Crippen LogP contribution is 2.22. The van der Waals surface area contributed by atoms with Crippen LogP contribution in [0.15, 0.2) is 18.2 Å². The number of nitrogens with zero attached hydrogens (tertiary/aromatic N) is 2. The molecule has 2 bridgehead atoms. The summed E-state index contributed by atoms with van der Waals surface area (Å²) in [6.07, 6.45) is 0. The number of carbonyl (C=O) groups is 3. The van der Waals surface area contributed by atoms with E-state index in [0.717, 1.165) is 43.8 Å². The molecule has 3 saturated heterocycles. The van der Waals surface area contributed by atoms with Crippen LogP contribution >= 0.6 is 0 Å². The summed E-state index contributed by atoms with van der Waals surface area (Å²) in [5.74, 6) is -1.28. The Morgan fingerprint density at radius 1 is 1.04 bits per heavy atom. The highest BCUT2D eigenvalue weighted by molar-refractivity contribution is 6.03. The summed E-state index contributed by atoms with van der Waals surface area (Å²) in [6, 6.07) is 4.38. The van der Waals surface area contributed by atoms with E-state index >= 15 is 0 Å². The van der Waals surface area contributed by atoms with Crippen molar-refractivity contribution in [1.29, 1.82) is 0 Å². The second-order valence-electron chi connectivity index (χ2n) is 6.80. The molecule has 3 heterocycles. The van der Waals surface area contributed by atoms with Gasteiger partial charge in [0, 0.05) is 19.6 Å². The molecule has 3 aliphatic rings. The van der Waals surface area contributed by atoms with Crippen LogP contribution in [0.25, 0.3) is 0 Å². The average Bonchev–Trinajstić information content (AvgIpc) is 2.67. The molecule has 1 amide bonds. The van der Waals surface area contributed by atoms with Gasteiger partial charge in [-0.05, 0) is 18.2 Å². The summed E-state index contributed by atoms with van der Waals surface area (Å²) in [5.41, 5.74) is 0.727. The largest absolute Gasteiger partial charge is 0.465 e. The number of ether oxygens (including phenoxy) is 2. The molecule has 1 aromatic carbocycles. The summed E-state index contributed by atoms with van der Waals surface area (Å²) in [4.78, 5) is 38.8. The molecule has 4 rings (SSSR count). The van der Waals surface area contributed by atoms with Gasteiger partial charge in [0.2, 0.25) is 0 Å². The zero-order valence-electron chi connectivity index (χ0n) is 15.1. The van der Waals surface area contributed by atoms with Crippen molar-refractivity contribution in [2.24, 2.45) is 0 Å². The van der Waals surface area contributed by atoms with Gasteiger partial charge in [0.25, 0.3) is 5.91 Å². The highest BCUT2D eigenvalue weighted by Gasteiger charge is 2.39. The third-order valence-corrected chi connectivity index (χ3v) is 5.27. The second-order valence-corrected chi connectivity index (χ2v) is 6.80. The van der Waals surface area contributed by atoms with Crippen LogP contribution in [-0.4, -0.2) is 87.3 Å². The number of benzene rings is 1. The number of quaternary nitrogens is 1. The van der Waals surface area contributed by atoms with E-state index < -0.39 is 11.9 Å². The van der Waals surface area contributed by atoms with Crippen LogP contribution in [-0.2, 0) is 14.3 Å². The first-order chi connectivity index (χ1) is 12.5. The van der Waals surface area contributed by atoms with Crippen molar-refractivity contribution in [2.45, 2.75) is 0 Å². The molecule has 0 unspecified atom stereocenters. The first-order valence-corrected chi connectivity index (χ1v) is 8.64. The molecular formula is C18H24N3O5+. The topological polar surface area (TPSA) is 84.9 Å². The highest BCUT2D eigenvalue weighted by atomic mass is 16.5. The van der Waals surface area contributed by atoms with Gasteiger partial charge < -0.3 is 19.3 Å². The number of amides is 1. The Bertz CT molecular complexity index is 712. The molecule has 26 heavy (non-hydrogen) atoms. The molecule has 1 aromatic rings. The number of hydrogen-bond donors (Lipinski definition) is 1. The molecule has 0 saturated carbocycles. The van der Waals surface area contributed by atoms with E-state index in [1.807, 2.05) is 0 Å². The molecule has 1 N–H and O–H groups in total. The van der Waals surface area contributed by atoms with Crippen LogP contribution < -0.4 is 5.32 Å². The minimum Gasteiger partial charge on any atom is -0.465 e. The Kier molecular flexibility index (Phi) is 5.24. The van der Waals surface area contributed by atoms with Crippen molar-refractivity contribution in [3.63, 3.8) is 0 Å². The molecule has 0 spiro atoms. The van der Waals surface area contributed by atoms with E-state index in [1.165, 1.54) is 32.4 Å². The molecular weight excluding hydrogens is 338 g/mol. The third kappa shape index (κ3) is 3.71. The van der Waals surface area contributed by atoms with Gasteiger partial charge in [-0.2, -0.15) is 0 Å². The van der Waals surface area contributed by atoms with Gasteiger partial charge in [0.05, 0.1) is 50.7 Å². The van der Waals surface area contributed by atoms with Crippen molar-refractivity contribution in [3.05, 3.63) is 29.3 Å². The maximum Gasteiger partial charge on any atom is 0.339 e. The first-order valence-electron chi connectivity index (χ1n) is 8.64. The van der Waals surface area contributed by atoms with Crippen molar-refractivity contribution in [2.75, 3.05) is 65.3 Å². The van der Waals surface area contributed by atoms with Crippen LogP contribution in [0.5, 0.6) is 0 Å². The summed E-state index contributed by atoms with van der Waals surface area (Å²) in [5, 5.41) is 2.79. The SMILES string of the molecule is COC(=O)c1ccc(C(=O)OC)c(NC(=O)C[N+]23CCN(CC2)CC3)c1. The van der Waals surface area contributed by atoms with E-state index in [0.29, 0.717) is 6.54 Å². The van der Waals surface area contributed by atoms with Crippen LogP contribution in [0, 0.1) is 0 Å². The molecule has 0 radical (unpaired) electrons. The van der Waals surface area contributed by atoms with Crippen LogP contribution in [0.2, 0.25) is 0 Å². The van der Waals surface area contributed by atoms with E-state index in [2.05, 4.69) is 10.2 Å². The maximum atomic E-state index is 12.7. The maximum absolute atomic E-state index is 12.7. The lowest BCUT2D eigenvalue weighted by atomic mass is 10.1. The molecule has 8 heteroatoms. The standard InChI is InChI=1S/C18H23N3O5/c1-25-17(23)13-3-4-14(18(24)26-2)15(11-13)19-16(22)12-21-8-5-20(6-9-21)7-10-21/h3-4,11H,5-10,12H2,1-2H3/p+1. The van der Waals surface area contributed by atoms with Crippen LogP contribution in [0.3, 0.4) is 0 Å². The molecule has 8 nitrogen and oxygen atoms in total. The van der Waals surface area contributed by atoms with Gasteiger partial charge in [0.15, 0.2) is 6.54 Å². The summed E-state index contributed by atoms with van der Waals surface area (Å²) in [6.45, 7) is 6.27. The number of rotatable bonds is 5.